The molecule has 1 amide bonds. The maximum Gasteiger partial charge on any atom is 0.418 e. The van der Waals surface area contributed by atoms with Crippen LogP contribution in [0.5, 0.6) is 11.6 Å². The Morgan fingerprint density at radius 3 is 2.45 bits per heavy atom. The molecule has 1 aliphatic heterocycles. The molecule has 0 saturated carbocycles. The van der Waals surface area contributed by atoms with Crippen molar-refractivity contribution in [2.24, 2.45) is 7.05 Å². The lowest BCUT2D eigenvalue weighted by Crippen LogP contribution is -2.45. The molecule has 0 radical (unpaired) electrons. The van der Waals surface area contributed by atoms with E-state index in [1.807, 2.05) is 23.9 Å². The molecule has 0 unspecified atom stereocenters. The first kappa shape index (κ1) is 33.9. The highest BCUT2D eigenvalue weighted by Crippen LogP contribution is 2.39. The van der Waals surface area contributed by atoms with E-state index in [4.69, 9.17) is 4.74 Å². The molecule has 0 bridgehead atoms. The molecule has 5 aromatic rings. The van der Waals surface area contributed by atoms with Gasteiger partial charge in [-0.3, -0.25) is 9.78 Å². The molecule has 0 atom stereocenters. The van der Waals surface area contributed by atoms with Gasteiger partial charge >= 0.3 is 6.18 Å². The van der Waals surface area contributed by atoms with Gasteiger partial charge in [0.15, 0.2) is 5.82 Å². The maximum atomic E-state index is 14.3. The number of carbonyl (C=O) groups excluding carboxylic acids is 1. The molecule has 2 N–H and O–H groups in total. The Bertz CT molecular complexity index is 2110. The van der Waals surface area contributed by atoms with Gasteiger partial charge in [0.1, 0.15) is 11.3 Å². The number of anilines is 2. The third-order valence-corrected chi connectivity index (χ3v) is 9.86. The minimum Gasteiger partial charge on any atom is -0.437 e. The summed E-state index contributed by atoms with van der Waals surface area (Å²) >= 11 is 0. The van der Waals surface area contributed by atoms with Gasteiger partial charge < -0.3 is 19.5 Å². The molecule has 4 heterocycles. The number of halogens is 3. The highest BCUT2D eigenvalue weighted by atomic mass is 32.2. The van der Waals surface area contributed by atoms with E-state index in [1.54, 1.807) is 48.5 Å². The monoisotopic (exact) mass is 693 g/mol. The predicted octanol–water partition coefficient (Wildman–Crippen LogP) is 6.31. The van der Waals surface area contributed by atoms with E-state index in [-0.39, 0.29) is 47.7 Å². The van der Waals surface area contributed by atoms with Crippen molar-refractivity contribution in [3.63, 3.8) is 0 Å². The van der Waals surface area contributed by atoms with Crippen molar-refractivity contribution in [1.82, 2.24) is 24.2 Å². The van der Waals surface area contributed by atoms with Crippen LogP contribution in [0.4, 0.5) is 24.5 Å². The Morgan fingerprint density at radius 2 is 1.76 bits per heavy atom. The summed E-state index contributed by atoms with van der Waals surface area (Å²) in [5.41, 5.74) is 1.95. The Labute approximate surface area is 281 Å². The van der Waals surface area contributed by atoms with Crippen LogP contribution in [0, 0.1) is 6.92 Å². The van der Waals surface area contributed by atoms with Crippen molar-refractivity contribution in [3.05, 3.63) is 89.9 Å². The fraction of sp³-hybridized carbons (Fsp3) is 0.294. The quantitative estimate of drug-likeness (QED) is 0.184. The minimum absolute atomic E-state index is 0.0296. The molecule has 6 rings (SSSR count). The summed E-state index contributed by atoms with van der Waals surface area (Å²) in [5.74, 6) is 0.339. The highest BCUT2D eigenvalue weighted by Gasteiger charge is 2.36. The number of pyridine rings is 1. The lowest BCUT2D eigenvalue weighted by Gasteiger charge is -2.35. The number of ether oxygens (including phenoxy) is 1. The van der Waals surface area contributed by atoms with Crippen LogP contribution in [-0.4, -0.2) is 58.7 Å². The van der Waals surface area contributed by atoms with Gasteiger partial charge in [-0.05, 0) is 80.8 Å². The molecule has 11 nitrogen and oxygen atoms in total. The lowest BCUT2D eigenvalue weighted by molar-refractivity contribution is -0.137. The van der Waals surface area contributed by atoms with E-state index < -0.39 is 27.7 Å². The van der Waals surface area contributed by atoms with Crippen LogP contribution >= 0.6 is 0 Å². The number of fused-ring (bicyclic) bond motifs is 1. The zero-order valence-corrected chi connectivity index (χ0v) is 27.8. The van der Waals surface area contributed by atoms with Crippen LogP contribution in [-0.2, 0) is 23.2 Å². The Morgan fingerprint density at radius 1 is 1.02 bits per heavy atom. The first-order valence-electron chi connectivity index (χ1n) is 15.6. The number of rotatable bonds is 9. The number of nitrogens with zero attached hydrogens (tertiary/aromatic N) is 5. The van der Waals surface area contributed by atoms with E-state index in [9.17, 15) is 26.4 Å². The topological polar surface area (TPSA) is 131 Å². The van der Waals surface area contributed by atoms with Gasteiger partial charge in [-0.15, -0.1) is 0 Å². The van der Waals surface area contributed by atoms with Crippen molar-refractivity contribution < 1.29 is 31.1 Å². The molecule has 3 aromatic heterocycles. The second-order valence-corrected chi connectivity index (χ2v) is 13.8. The maximum absolute atomic E-state index is 14.3. The van der Waals surface area contributed by atoms with E-state index in [0.717, 1.165) is 11.6 Å². The zero-order valence-electron chi connectivity index (χ0n) is 27.0. The Hall–Kier alpha value is -5.02. The smallest absolute Gasteiger partial charge is 0.418 e. The van der Waals surface area contributed by atoms with Gasteiger partial charge in [-0.2, -0.15) is 18.2 Å². The number of amides is 1. The largest absolute Gasteiger partial charge is 0.437 e. The van der Waals surface area contributed by atoms with E-state index in [1.165, 1.54) is 25.1 Å². The molecular weight excluding hydrogens is 659 g/mol. The lowest BCUT2D eigenvalue weighted by atomic mass is 10.0. The molecule has 1 saturated heterocycles. The molecule has 1 aliphatic rings. The summed E-state index contributed by atoms with van der Waals surface area (Å²) in [6, 6.07) is 13.5. The predicted molar refractivity (Wildman–Crippen MR) is 180 cm³/mol. The Balaban J connectivity index is 1.23. The average Bonchev–Trinajstić information content (AvgIpc) is 3.46. The first-order chi connectivity index (χ1) is 23.3. The molecule has 0 spiro atoms. The van der Waals surface area contributed by atoms with Gasteiger partial charge in [-0.25, -0.2) is 18.1 Å². The second-order valence-electron chi connectivity index (χ2n) is 11.8. The standard InChI is InChI=1S/C34H34F3N7O4S/c1-4-49(46,47)42-24-11-17-44(18-12-24)28-8-7-25(20-26(28)34(35,36)37)39-32(45)23-6-5-21(2)29(19-23)48-33-30-27(13-16-43(30)3)40-31(41-33)22-9-14-38-15-10-22/h5-10,13-16,19-20,24,42H,4,11-12,17-18H2,1-3H3,(H,39,45). The molecule has 49 heavy (non-hydrogen) atoms. The number of benzene rings is 2. The fourth-order valence-corrected chi connectivity index (χ4v) is 6.62. The summed E-state index contributed by atoms with van der Waals surface area (Å²) in [5, 5.41) is 2.59. The van der Waals surface area contributed by atoms with Gasteiger partial charge in [0, 0.05) is 67.3 Å². The molecule has 0 aliphatic carbocycles. The van der Waals surface area contributed by atoms with Crippen LogP contribution in [0.1, 0.15) is 41.3 Å². The number of aryl methyl sites for hydroxylation is 2. The second kappa shape index (κ2) is 13.5. The van der Waals surface area contributed by atoms with Crippen LogP contribution in [0.3, 0.4) is 0 Å². The Kier molecular flexibility index (Phi) is 9.31. The van der Waals surface area contributed by atoms with E-state index >= 15 is 0 Å². The van der Waals surface area contributed by atoms with Crippen molar-refractivity contribution in [1.29, 1.82) is 0 Å². The molecule has 15 heteroatoms. The van der Waals surface area contributed by atoms with Crippen LogP contribution in [0.15, 0.2) is 73.2 Å². The summed E-state index contributed by atoms with van der Waals surface area (Å²) in [4.78, 5) is 28.3. The summed E-state index contributed by atoms with van der Waals surface area (Å²) in [7, 11) is -1.58. The third-order valence-electron chi connectivity index (χ3n) is 8.40. The molecule has 2 aromatic carbocycles. The highest BCUT2D eigenvalue weighted by molar-refractivity contribution is 7.89. The molecule has 1 fully saturated rings. The number of nitrogens with one attached hydrogen (secondary N) is 2. The summed E-state index contributed by atoms with van der Waals surface area (Å²) in [6.07, 6.45) is 1.13. The number of sulfonamides is 1. The van der Waals surface area contributed by atoms with Crippen LogP contribution in [0.25, 0.3) is 22.4 Å². The van der Waals surface area contributed by atoms with Crippen molar-refractivity contribution in [3.8, 4) is 23.0 Å². The molecular formula is C34H34F3N7O4S. The third kappa shape index (κ3) is 7.52. The number of alkyl halides is 3. The first-order valence-corrected chi connectivity index (χ1v) is 17.3. The van der Waals surface area contributed by atoms with Crippen molar-refractivity contribution in [2.75, 3.05) is 29.1 Å². The minimum atomic E-state index is -4.70. The van der Waals surface area contributed by atoms with Gasteiger partial charge in [0.2, 0.25) is 15.9 Å². The number of piperidine rings is 1. The average molecular weight is 694 g/mol. The normalized spacial score (nSPS) is 14.3. The number of hydrogen-bond donors (Lipinski definition) is 2. The summed E-state index contributed by atoms with van der Waals surface area (Å²) in [6.45, 7) is 3.81. The van der Waals surface area contributed by atoms with Crippen molar-refractivity contribution >= 4 is 38.3 Å². The van der Waals surface area contributed by atoms with Crippen LogP contribution in [0.2, 0.25) is 0 Å². The van der Waals surface area contributed by atoms with Crippen molar-refractivity contribution in [2.45, 2.75) is 38.9 Å². The SMILES string of the molecule is CCS(=O)(=O)NC1CCN(c2ccc(NC(=O)c3ccc(C)c(Oc4nc(-c5ccncc5)nc5ccn(C)c45)c3)cc2C(F)(F)F)CC1. The molecule has 256 valence electrons. The van der Waals surface area contributed by atoms with Gasteiger partial charge in [-0.1, -0.05) is 6.07 Å². The van der Waals surface area contributed by atoms with E-state index in [0.29, 0.717) is 41.0 Å². The zero-order chi connectivity index (χ0) is 34.9. The van der Waals surface area contributed by atoms with Gasteiger partial charge in [0.25, 0.3) is 5.91 Å². The number of hydrogen-bond acceptors (Lipinski definition) is 8. The summed E-state index contributed by atoms with van der Waals surface area (Å²) < 4.78 is 77.4. The van der Waals surface area contributed by atoms with E-state index in [2.05, 4.69) is 25.0 Å². The van der Waals surface area contributed by atoms with Gasteiger partial charge in [0.05, 0.1) is 16.8 Å². The number of carbonyl (C=O) groups is 1. The van der Waals surface area contributed by atoms with Crippen LogP contribution < -0.4 is 19.7 Å². The fourth-order valence-electron chi connectivity index (χ4n) is 5.71. The number of aromatic nitrogens is 4.